The van der Waals surface area contributed by atoms with Crippen LogP contribution in [0.15, 0.2) is 90.5 Å². The summed E-state index contributed by atoms with van der Waals surface area (Å²) in [6.45, 7) is 1.15. The van der Waals surface area contributed by atoms with E-state index in [2.05, 4.69) is 25.9 Å². The summed E-state index contributed by atoms with van der Waals surface area (Å²) in [6.07, 6.45) is 7.38. The monoisotopic (exact) mass is 484 g/mol. The maximum atomic E-state index is 13.9. The van der Waals surface area contributed by atoms with Gasteiger partial charge in [-0.1, -0.05) is 24.3 Å². The summed E-state index contributed by atoms with van der Waals surface area (Å²) < 4.78 is 29.5. The van der Waals surface area contributed by atoms with Gasteiger partial charge in [0.05, 0.1) is 35.1 Å². The first-order chi connectivity index (χ1) is 17.0. The fraction of sp³-hybridized carbons (Fsp3) is 0.192. The predicted molar refractivity (Wildman–Crippen MR) is 132 cm³/mol. The average molecular weight is 485 g/mol. The molecular weight excluding hydrogens is 460 g/mol. The molecule has 2 aromatic heterocycles. The number of H-pyrrole nitrogens is 1. The molecule has 1 aliphatic heterocycles. The Labute approximate surface area is 204 Å². The number of pyridine rings is 1. The second-order valence-corrected chi connectivity index (χ2v) is 10.4. The number of aromatic amines is 1. The van der Waals surface area contributed by atoms with Crippen molar-refractivity contribution in [2.24, 2.45) is 0 Å². The highest BCUT2D eigenvalue weighted by atomic mass is 32.2. The summed E-state index contributed by atoms with van der Waals surface area (Å²) in [6, 6.07) is 19.6. The van der Waals surface area contributed by atoms with E-state index >= 15 is 0 Å². The topological polar surface area (TPSA) is 106 Å². The van der Waals surface area contributed by atoms with Gasteiger partial charge in [0, 0.05) is 43.4 Å². The van der Waals surface area contributed by atoms with Gasteiger partial charge < -0.3 is 9.88 Å². The van der Waals surface area contributed by atoms with Crippen LogP contribution < -0.4 is 4.90 Å². The zero-order chi connectivity index (χ0) is 24.3. The third-order valence-electron chi connectivity index (χ3n) is 6.17. The number of nitrogens with one attached hydrogen (secondary N) is 1. The van der Waals surface area contributed by atoms with Crippen LogP contribution in [-0.4, -0.2) is 40.3 Å². The summed E-state index contributed by atoms with van der Waals surface area (Å²) in [5.41, 5.74) is 4.06. The van der Waals surface area contributed by atoms with Crippen LogP contribution in [0.1, 0.15) is 22.4 Å². The van der Waals surface area contributed by atoms with Gasteiger partial charge in [0.2, 0.25) is 10.0 Å². The highest BCUT2D eigenvalue weighted by Crippen LogP contribution is 2.33. The van der Waals surface area contributed by atoms with Crippen LogP contribution in [0.3, 0.4) is 0 Å². The third-order valence-corrected chi connectivity index (χ3v) is 8.09. The molecule has 176 valence electrons. The van der Waals surface area contributed by atoms with Gasteiger partial charge in [-0.2, -0.15) is 9.57 Å². The van der Waals surface area contributed by atoms with Crippen LogP contribution in [0, 0.1) is 11.3 Å². The van der Waals surface area contributed by atoms with Crippen LogP contribution in [0.2, 0.25) is 0 Å². The molecule has 0 unspecified atom stereocenters. The summed E-state index contributed by atoms with van der Waals surface area (Å²) in [5, 5.41) is 9.52. The van der Waals surface area contributed by atoms with Crippen molar-refractivity contribution in [3.63, 3.8) is 0 Å². The van der Waals surface area contributed by atoms with Gasteiger partial charge in [-0.3, -0.25) is 4.98 Å². The molecule has 0 amide bonds. The third kappa shape index (κ3) is 4.80. The lowest BCUT2D eigenvalue weighted by atomic mass is 10.1. The number of nitrogens with zero attached hydrogens (tertiary/aromatic N) is 5. The summed E-state index contributed by atoms with van der Waals surface area (Å²) in [4.78, 5) is 13.9. The zero-order valence-electron chi connectivity index (χ0n) is 18.9. The molecule has 0 fully saturated rings. The standard InChI is InChI=1S/C26H24N6O2S/c27-13-20-8-9-26-22(11-20)16-32(35(33,34)25-6-2-1-3-7-25)24(12-21-5-4-10-28-14-21)18-31(26)17-23-15-29-19-30-23/h1-11,14-15,19,24H,12,16-18H2,(H,29,30)/t24-/m1/s1. The summed E-state index contributed by atoms with van der Waals surface area (Å²) in [7, 11) is -3.82. The molecule has 0 saturated heterocycles. The Bertz CT molecular complexity index is 1430. The van der Waals surface area contributed by atoms with Gasteiger partial charge in [0.25, 0.3) is 0 Å². The number of hydrogen-bond acceptors (Lipinski definition) is 6. The number of anilines is 1. The Morgan fingerprint density at radius 3 is 2.63 bits per heavy atom. The van der Waals surface area contributed by atoms with Crippen LogP contribution in [0.5, 0.6) is 0 Å². The number of imidazole rings is 1. The molecule has 3 heterocycles. The number of rotatable bonds is 6. The van der Waals surface area contributed by atoms with E-state index in [4.69, 9.17) is 0 Å². The molecule has 0 saturated carbocycles. The molecule has 1 atom stereocenters. The van der Waals surface area contributed by atoms with E-state index in [1.807, 2.05) is 18.2 Å². The van der Waals surface area contributed by atoms with Gasteiger partial charge in [-0.25, -0.2) is 13.4 Å². The Hall–Kier alpha value is -4.00. The van der Waals surface area contributed by atoms with E-state index in [0.29, 0.717) is 25.1 Å². The molecule has 8 nitrogen and oxygen atoms in total. The molecule has 2 aromatic carbocycles. The number of sulfonamides is 1. The van der Waals surface area contributed by atoms with E-state index in [0.717, 1.165) is 22.5 Å². The van der Waals surface area contributed by atoms with E-state index in [-0.39, 0.29) is 17.5 Å². The first kappa shape index (κ1) is 22.8. The Morgan fingerprint density at radius 1 is 1.06 bits per heavy atom. The van der Waals surface area contributed by atoms with Crippen molar-refractivity contribution in [3.8, 4) is 6.07 Å². The van der Waals surface area contributed by atoms with Crippen LogP contribution in [-0.2, 0) is 29.5 Å². The minimum absolute atomic E-state index is 0.159. The predicted octanol–water partition coefficient (Wildman–Crippen LogP) is 3.50. The SMILES string of the molecule is N#Cc1ccc2c(c1)CN(S(=O)(=O)c1ccccc1)[C@H](Cc1cccnc1)CN2Cc1cnc[nH]1. The molecule has 4 aromatic rings. The molecule has 0 spiro atoms. The second-order valence-electron chi connectivity index (χ2n) is 8.50. The Morgan fingerprint density at radius 2 is 1.91 bits per heavy atom. The van der Waals surface area contributed by atoms with E-state index < -0.39 is 10.0 Å². The smallest absolute Gasteiger partial charge is 0.243 e. The summed E-state index contributed by atoms with van der Waals surface area (Å²) in [5.74, 6) is 0. The number of aromatic nitrogens is 3. The van der Waals surface area contributed by atoms with Gasteiger partial charge >= 0.3 is 0 Å². The van der Waals surface area contributed by atoms with E-state index in [9.17, 15) is 13.7 Å². The van der Waals surface area contributed by atoms with Crippen molar-refractivity contribution in [1.82, 2.24) is 19.3 Å². The minimum atomic E-state index is -3.82. The van der Waals surface area contributed by atoms with Crippen molar-refractivity contribution in [3.05, 3.63) is 108 Å². The fourth-order valence-electron chi connectivity index (χ4n) is 4.52. The van der Waals surface area contributed by atoms with Crippen molar-refractivity contribution in [2.45, 2.75) is 30.4 Å². The molecule has 35 heavy (non-hydrogen) atoms. The van der Waals surface area contributed by atoms with Crippen LogP contribution in [0.25, 0.3) is 0 Å². The summed E-state index contributed by atoms with van der Waals surface area (Å²) >= 11 is 0. The number of benzene rings is 2. The minimum Gasteiger partial charge on any atom is -0.364 e. The molecule has 9 heteroatoms. The maximum Gasteiger partial charge on any atom is 0.243 e. The quantitative estimate of drug-likeness (QED) is 0.449. The van der Waals surface area contributed by atoms with Crippen molar-refractivity contribution < 1.29 is 8.42 Å². The largest absolute Gasteiger partial charge is 0.364 e. The number of nitriles is 1. The fourth-order valence-corrected chi connectivity index (χ4v) is 6.14. The molecule has 0 radical (unpaired) electrons. The highest BCUT2D eigenvalue weighted by Gasteiger charge is 2.36. The second kappa shape index (κ2) is 9.70. The van der Waals surface area contributed by atoms with E-state index in [1.54, 1.807) is 71.7 Å². The van der Waals surface area contributed by atoms with Gasteiger partial charge in [-0.05, 0) is 53.9 Å². The van der Waals surface area contributed by atoms with Crippen LogP contribution >= 0.6 is 0 Å². The zero-order valence-corrected chi connectivity index (χ0v) is 19.8. The first-order valence-corrected chi connectivity index (χ1v) is 12.7. The molecular formula is C26H24N6O2S. The van der Waals surface area contributed by atoms with Crippen LogP contribution in [0.4, 0.5) is 5.69 Å². The first-order valence-electron chi connectivity index (χ1n) is 11.3. The molecule has 0 aliphatic carbocycles. The van der Waals surface area contributed by atoms with Crippen molar-refractivity contribution in [1.29, 1.82) is 5.26 Å². The van der Waals surface area contributed by atoms with Crippen molar-refractivity contribution in [2.75, 3.05) is 11.4 Å². The number of fused-ring (bicyclic) bond motifs is 1. The van der Waals surface area contributed by atoms with Gasteiger partial charge in [0.1, 0.15) is 0 Å². The molecule has 5 rings (SSSR count). The highest BCUT2D eigenvalue weighted by molar-refractivity contribution is 7.89. The molecule has 1 aliphatic rings. The molecule has 0 bridgehead atoms. The molecule has 1 N–H and O–H groups in total. The maximum absolute atomic E-state index is 13.9. The van der Waals surface area contributed by atoms with Crippen molar-refractivity contribution >= 4 is 15.7 Å². The van der Waals surface area contributed by atoms with E-state index in [1.165, 1.54) is 0 Å². The normalized spacial score (nSPS) is 16.3. The Balaban J connectivity index is 1.62. The van der Waals surface area contributed by atoms with Gasteiger partial charge in [0.15, 0.2) is 0 Å². The Kier molecular flexibility index (Phi) is 6.31. The number of hydrogen-bond donors (Lipinski definition) is 1. The lowest BCUT2D eigenvalue weighted by molar-refractivity contribution is 0.317. The lowest BCUT2D eigenvalue weighted by Gasteiger charge is -2.32. The lowest BCUT2D eigenvalue weighted by Crippen LogP contribution is -2.45. The van der Waals surface area contributed by atoms with Gasteiger partial charge in [-0.15, -0.1) is 0 Å². The average Bonchev–Trinajstić information content (AvgIpc) is 3.35.